The van der Waals surface area contributed by atoms with Gasteiger partial charge in [0, 0.05) is 18.0 Å². The summed E-state index contributed by atoms with van der Waals surface area (Å²) < 4.78 is 0.531. The van der Waals surface area contributed by atoms with Crippen molar-refractivity contribution < 1.29 is 4.79 Å². The van der Waals surface area contributed by atoms with Crippen LogP contribution >= 0.6 is 22.9 Å². The minimum Gasteiger partial charge on any atom is -0.378 e. The van der Waals surface area contributed by atoms with E-state index in [9.17, 15) is 4.79 Å². The minimum atomic E-state index is -0.0860. The molecule has 0 saturated carbocycles. The highest BCUT2D eigenvalue weighted by molar-refractivity contribution is 7.15. The van der Waals surface area contributed by atoms with Gasteiger partial charge in [0.25, 0.3) is 0 Å². The second-order valence-corrected chi connectivity index (χ2v) is 6.29. The molecule has 2 N–H and O–H groups in total. The maximum Gasteiger partial charge on any atom is 0.221 e. The van der Waals surface area contributed by atoms with Crippen molar-refractivity contribution in [3.05, 3.63) is 38.8 Å². The predicted molar refractivity (Wildman–Crippen MR) is 84.7 cm³/mol. The minimum absolute atomic E-state index is 0.0860. The highest BCUT2D eigenvalue weighted by Crippen LogP contribution is 2.27. The van der Waals surface area contributed by atoms with Gasteiger partial charge in [0.2, 0.25) is 5.91 Å². The maximum absolute atomic E-state index is 11.3. The third kappa shape index (κ3) is 3.71. The van der Waals surface area contributed by atoms with Gasteiger partial charge in [0.05, 0.1) is 17.9 Å². The maximum atomic E-state index is 11.3. The Bertz CT molecular complexity index is 639. The van der Waals surface area contributed by atoms with Crippen LogP contribution in [0.25, 0.3) is 0 Å². The Balaban J connectivity index is 2.20. The van der Waals surface area contributed by atoms with Gasteiger partial charge < -0.3 is 10.6 Å². The van der Waals surface area contributed by atoms with E-state index in [-0.39, 0.29) is 5.91 Å². The molecule has 1 aromatic carbocycles. The zero-order valence-corrected chi connectivity index (χ0v) is 13.2. The first-order valence-corrected chi connectivity index (χ1v) is 7.38. The quantitative estimate of drug-likeness (QED) is 0.898. The third-order valence-corrected chi connectivity index (χ3v) is 4.04. The normalized spacial score (nSPS) is 10.4. The van der Waals surface area contributed by atoms with Gasteiger partial charge in [-0.2, -0.15) is 0 Å². The fourth-order valence-electron chi connectivity index (χ4n) is 1.80. The van der Waals surface area contributed by atoms with Crippen LogP contribution in [0.2, 0.25) is 4.47 Å². The molecule has 0 spiro atoms. The summed E-state index contributed by atoms with van der Waals surface area (Å²) in [6, 6.07) is 4.00. The number of aromatic nitrogens is 1. The summed E-state index contributed by atoms with van der Waals surface area (Å²) in [5, 5.41) is 6.16. The Kier molecular flexibility index (Phi) is 4.62. The molecule has 0 aliphatic carbocycles. The van der Waals surface area contributed by atoms with Gasteiger partial charge in [-0.25, -0.2) is 4.98 Å². The van der Waals surface area contributed by atoms with E-state index in [2.05, 4.69) is 15.6 Å². The summed E-state index contributed by atoms with van der Waals surface area (Å²) in [5.74, 6) is -0.0860. The molecule has 0 unspecified atom stereocenters. The molecule has 0 aliphatic heterocycles. The van der Waals surface area contributed by atoms with E-state index in [1.807, 2.05) is 26.0 Å². The van der Waals surface area contributed by atoms with Crippen molar-refractivity contribution in [1.29, 1.82) is 0 Å². The van der Waals surface area contributed by atoms with Gasteiger partial charge in [-0.15, -0.1) is 11.3 Å². The highest BCUT2D eigenvalue weighted by atomic mass is 35.5. The molecule has 0 atom stereocenters. The number of carbonyl (C=O) groups excluding carboxylic acids is 1. The lowest BCUT2D eigenvalue weighted by Crippen LogP contribution is -2.10. The van der Waals surface area contributed by atoms with Crippen LogP contribution in [0.5, 0.6) is 0 Å². The Hall–Kier alpha value is -1.59. The number of aryl methyl sites for hydroxylation is 2. The monoisotopic (exact) mass is 309 g/mol. The lowest BCUT2D eigenvalue weighted by Gasteiger charge is -2.14. The molecule has 20 heavy (non-hydrogen) atoms. The van der Waals surface area contributed by atoms with E-state index in [4.69, 9.17) is 11.6 Å². The van der Waals surface area contributed by atoms with Crippen molar-refractivity contribution >= 4 is 40.2 Å². The van der Waals surface area contributed by atoms with Crippen LogP contribution in [0.1, 0.15) is 22.9 Å². The van der Waals surface area contributed by atoms with Crippen LogP contribution in [0, 0.1) is 13.8 Å². The highest BCUT2D eigenvalue weighted by Gasteiger charge is 2.08. The van der Waals surface area contributed by atoms with Crippen molar-refractivity contribution in [3.8, 4) is 0 Å². The molecule has 2 rings (SSSR count). The average Bonchev–Trinajstić information content (AvgIpc) is 2.77. The van der Waals surface area contributed by atoms with Gasteiger partial charge in [0.15, 0.2) is 4.47 Å². The lowest BCUT2D eigenvalue weighted by molar-refractivity contribution is -0.114. The van der Waals surface area contributed by atoms with Crippen LogP contribution in [0.4, 0.5) is 11.4 Å². The van der Waals surface area contributed by atoms with E-state index in [0.29, 0.717) is 11.0 Å². The van der Waals surface area contributed by atoms with E-state index in [1.54, 1.807) is 6.20 Å². The standard InChI is InChI=1S/C14H16ClN3OS/c1-8-4-12(13(5-9(8)2)18-10(3)19)16-6-11-7-17-14(15)20-11/h4-5,7,16H,6H2,1-3H3,(H,18,19). The van der Waals surface area contributed by atoms with Gasteiger partial charge in [0.1, 0.15) is 0 Å². The molecule has 0 saturated heterocycles. The van der Waals surface area contributed by atoms with Crippen LogP contribution in [-0.4, -0.2) is 10.9 Å². The van der Waals surface area contributed by atoms with Crippen LogP contribution in [0.3, 0.4) is 0 Å². The number of anilines is 2. The largest absolute Gasteiger partial charge is 0.378 e. The fraction of sp³-hybridized carbons (Fsp3) is 0.286. The van der Waals surface area contributed by atoms with Crippen LogP contribution in [0.15, 0.2) is 18.3 Å². The number of nitrogens with one attached hydrogen (secondary N) is 2. The second-order valence-electron chi connectivity index (χ2n) is 4.60. The Morgan fingerprint density at radius 1 is 1.30 bits per heavy atom. The number of halogens is 1. The van der Waals surface area contributed by atoms with Crippen molar-refractivity contribution in [1.82, 2.24) is 4.98 Å². The molecule has 1 aromatic heterocycles. The van der Waals surface area contributed by atoms with E-state index >= 15 is 0 Å². The number of hydrogen-bond acceptors (Lipinski definition) is 4. The van der Waals surface area contributed by atoms with Crippen LogP contribution in [-0.2, 0) is 11.3 Å². The molecule has 4 nitrogen and oxygen atoms in total. The molecule has 6 heteroatoms. The summed E-state index contributed by atoms with van der Waals surface area (Å²) in [5.41, 5.74) is 3.99. The molecule has 0 radical (unpaired) electrons. The van der Waals surface area contributed by atoms with Crippen molar-refractivity contribution in [2.75, 3.05) is 10.6 Å². The molecule has 1 amide bonds. The van der Waals surface area contributed by atoms with Gasteiger partial charge in [-0.1, -0.05) is 11.6 Å². The Morgan fingerprint density at radius 3 is 2.50 bits per heavy atom. The number of hydrogen-bond donors (Lipinski definition) is 2. The molecule has 0 fully saturated rings. The van der Waals surface area contributed by atoms with Crippen molar-refractivity contribution in [3.63, 3.8) is 0 Å². The molecule has 2 aromatic rings. The molecule has 106 valence electrons. The smallest absolute Gasteiger partial charge is 0.221 e. The number of benzene rings is 1. The Labute approximate surface area is 127 Å². The number of rotatable bonds is 4. The molecular formula is C14H16ClN3OS. The zero-order chi connectivity index (χ0) is 14.7. The predicted octanol–water partition coefficient (Wildman–Crippen LogP) is 3.98. The number of amides is 1. The molecular weight excluding hydrogens is 294 g/mol. The molecule has 0 aliphatic rings. The zero-order valence-electron chi connectivity index (χ0n) is 11.6. The average molecular weight is 310 g/mol. The number of thiazole rings is 1. The summed E-state index contributed by atoms with van der Waals surface area (Å²) >= 11 is 7.25. The number of carbonyl (C=O) groups is 1. The first-order valence-electron chi connectivity index (χ1n) is 6.18. The van der Waals surface area contributed by atoms with E-state index in [0.717, 1.165) is 21.8 Å². The van der Waals surface area contributed by atoms with Gasteiger partial charge in [-0.05, 0) is 37.1 Å². The summed E-state index contributed by atoms with van der Waals surface area (Å²) in [6.07, 6.45) is 1.75. The third-order valence-electron chi connectivity index (χ3n) is 2.92. The van der Waals surface area contributed by atoms with Crippen molar-refractivity contribution in [2.45, 2.75) is 27.3 Å². The second kappa shape index (κ2) is 6.24. The van der Waals surface area contributed by atoms with Crippen LogP contribution < -0.4 is 10.6 Å². The van der Waals surface area contributed by atoms with E-state index in [1.165, 1.54) is 23.8 Å². The molecule has 0 bridgehead atoms. The summed E-state index contributed by atoms with van der Waals surface area (Å²) in [4.78, 5) is 16.3. The SMILES string of the molecule is CC(=O)Nc1cc(C)c(C)cc1NCc1cnc(Cl)s1. The number of nitrogens with zero attached hydrogens (tertiary/aromatic N) is 1. The Morgan fingerprint density at radius 2 is 1.95 bits per heavy atom. The first kappa shape index (κ1) is 14.8. The van der Waals surface area contributed by atoms with Crippen molar-refractivity contribution in [2.24, 2.45) is 0 Å². The fourth-order valence-corrected chi connectivity index (χ4v) is 2.72. The first-order chi connectivity index (χ1) is 9.45. The van der Waals surface area contributed by atoms with Gasteiger partial charge in [-0.3, -0.25) is 4.79 Å². The summed E-state index contributed by atoms with van der Waals surface area (Å²) in [6.45, 7) is 6.19. The lowest BCUT2D eigenvalue weighted by atomic mass is 10.1. The topological polar surface area (TPSA) is 54.0 Å². The van der Waals surface area contributed by atoms with E-state index < -0.39 is 0 Å². The molecule has 1 heterocycles. The van der Waals surface area contributed by atoms with Gasteiger partial charge >= 0.3 is 0 Å². The summed E-state index contributed by atoms with van der Waals surface area (Å²) in [7, 11) is 0.